The van der Waals surface area contributed by atoms with E-state index in [1.54, 1.807) is 0 Å². The van der Waals surface area contributed by atoms with Crippen molar-refractivity contribution in [2.75, 3.05) is 6.61 Å². The molecule has 0 bridgehead atoms. The first-order valence-corrected chi connectivity index (χ1v) is 2.21. The number of rotatable bonds is 2. The fraction of sp³-hybridized carbons (Fsp3) is 0.800. The van der Waals surface area contributed by atoms with Crippen LogP contribution in [0.5, 0.6) is 0 Å². The summed E-state index contributed by atoms with van der Waals surface area (Å²) in [5, 5.41) is 8.29. The molecule has 0 heterocycles. The van der Waals surface area contributed by atoms with Crippen LogP contribution in [-0.4, -0.2) is 11.7 Å². The van der Waals surface area contributed by atoms with Gasteiger partial charge in [0.1, 0.15) is 0 Å². The van der Waals surface area contributed by atoms with E-state index in [0.29, 0.717) is 5.92 Å². The van der Waals surface area contributed by atoms with Gasteiger partial charge in [0, 0.05) is 6.61 Å². The van der Waals surface area contributed by atoms with Gasteiger partial charge in [0.15, 0.2) is 0 Å². The molecule has 0 aromatic carbocycles. The fourth-order valence-electron chi connectivity index (χ4n) is 0.0913. The molecular formula is C5H11CuO. The zero-order valence-corrected chi connectivity index (χ0v) is 5.39. The minimum absolute atomic E-state index is 0. The molecule has 0 saturated heterocycles. The largest absolute Gasteiger partial charge is 1.00 e. The summed E-state index contributed by atoms with van der Waals surface area (Å²) in [6.07, 6.45) is 0.830. The maximum atomic E-state index is 8.29. The van der Waals surface area contributed by atoms with Crippen molar-refractivity contribution in [1.82, 2.24) is 0 Å². The van der Waals surface area contributed by atoms with Gasteiger partial charge in [-0.05, 0) is 5.92 Å². The Morgan fingerprint density at radius 1 is 1.71 bits per heavy atom. The molecule has 1 unspecified atom stereocenters. The zero-order chi connectivity index (χ0) is 4.99. The van der Waals surface area contributed by atoms with E-state index >= 15 is 0 Å². The molecular weight excluding hydrogens is 140 g/mol. The second-order valence-electron chi connectivity index (χ2n) is 1.58. The monoisotopic (exact) mass is 150 g/mol. The molecule has 1 N–H and O–H groups in total. The average Bonchev–Trinajstić information content (AvgIpc) is 1.65. The van der Waals surface area contributed by atoms with Gasteiger partial charge < -0.3 is 12.0 Å². The van der Waals surface area contributed by atoms with Crippen molar-refractivity contribution in [1.29, 1.82) is 0 Å². The van der Waals surface area contributed by atoms with Crippen LogP contribution in [0.2, 0.25) is 0 Å². The summed E-state index contributed by atoms with van der Waals surface area (Å²) in [6, 6.07) is 0. The third kappa shape index (κ3) is 6.48. The van der Waals surface area contributed by atoms with E-state index in [4.69, 9.17) is 5.11 Å². The van der Waals surface area contributed by atoms with Gasteiger partial charge in [-0.1, -0.05) is 6.92 Å². The van der Waals surface area contributed by atoms with Crippen LogP contribution in [0.3, 0.4) is 0 Å². The molecule has 0 aromatic rings. The average molecular weight is 151 g/mol. The SMILES string of the molecule is [CH2-]CC(C)CO.[Cu+]. The number of hydrogen-bond donors (Lipinski definition) is 1. The van der Waals surface area contributed by atoms with Crippen molar-refractivity contribution >= 4 is 0 Å². The third-order valence-corrected chi connectivity index (χ3v) is 0.804. The molecule has 0 aliphatic rings. The molecule has 2 heteroatoms. The standard InChI is InChI=1S/C5H11O.Cu/c1-3-5(2)4-6;/h5-6H,1,3-4H2,2H3;/q-1;+1. The van der Waals surface area contributed by atoms with E-state index in [1.807, 2.05) is 6.92 Å². The van der Waals surface area contributed by atoms with E-state index in [1.165, 1.54) is 0 Å². The topological polar surface area (TPSA) is 20.2 Å². The summed E-state index contributed by atoms with van der Waals surface area (Å²) < 4.78 is 0. The molecule has 0 aliphatic carbocycles. The molecule has 0 aliphatic heterocycles. The fourth-order valence-corrected chi connectivity index (χ4v) is 0.0913. The van der Waals surface area contributed by atoms with Crippen LogP contribution in [-0.2, 0) is 17.1 Å². The van der Waals surface area contributed by atoms with Crippen molar-refractivity contribution in [3.05, 3.63) is 6.92 Å². The van der Waals surface area contributed by atoms with E-state index in [0.717, 1.165) is 6.42 Å². The van der Waals surface area contributed by atoms with Crippen LogP contribution >= 0.6 is 0 Å². The first kappa shape index (κ1) is 10.5. The summed E-state index contributed by atoms with van der Waals surface area (Å²) in [5.74, 6) is 0.380. The molecule has 0 amide bonds. The van der Waals surface area contributed by atoms with Crippen LogP contribution in [0, 0.1) is 12.8 Å². The minimum atomic E-state index is 0. The molecule has 1 atom stereocenters. The summed E-state index contributed by atoms with van der Waals surface area (Å²) in [7, 11) is 0. The third-order valence-electron chi connectivity index (χ3n) is 0.804. The van der Waals surface area contributed by atoms with Gasteiger partial charge in [-0.3, -0.25) is 0 Å². The second kappa shape index (κ2) is 6.48. The summed E-state index contributed by atoms with van der Waals surface area (Å²) >= 11 is 0. The Morgan fingerprint density at radius 3 is 2.14 bits per heavy atom. The normalized spacial score (nSPS) is 12.4. The van der Waals surface area contributed by atoms with Gasteiger partial charge in [-0.25, -0.2) is 0 Å². The maximum absolute atomic E-state index is 8.29. The minimum Gasteiger partial charge on any atom is -0.396 e. The van der Waals surface area contributed by atoms with Crippen LogP contribution < -0.4 is 0 Å². The van der Waals surface area contributed by atoms with Gasteiger partial charge >= 0.3 is 17.1 Å². The molecule has 0 saturated carbocycles. The number of aliphatic hydroxyl groups excluding tert-OH is 1. The Balaban J connectivity index is 0. The summed E-state index contributed by atoms with van der Waals surface area (Å²) in [4.78, 5) is 0. The Morgan fingerprint density at radius 2 is 2.14 bits per heavy atom. The van der Waals surface area contributed by atoms with Gasteiger partial charge in [0.05, 0.1) is 0 Å². The van der Waals surface area contributed by atoms with E-state index in [2.05, 4.69) is 6.92 Å². The Bertz CT molecular complexity index is 27.3. The predicted molar refractivity (Wildman–Crippen MR) is 26.2 cm³/mol. The van der Waals surface area contributed by atoms with Crippen molar-refractivity contribution in [3.8, 4) is 0 Å². The van der Waals surface area contributed by atoms with Gasteiger partial charge in [-0.15, -0.1) is 0 Å². The first-order chi connectivity index (χ1) is 2.81. The van der Waals surface area contributed by atoms with Gasteiger partial charge in [-0.2, -0.15) is 6.42 Å². The maximum Gasteiger partial charge on any atom is 1.00 e. The van der Waals surface area contributed by atoms with Crippen LogP contribution in [0.15, 0.2) is 0 Å². The molecule has 0 spiro atoms. The van der Waals surface area contributed by atoms with Crippen molar-refractivity contribution in [2.24, 2.45) is 5.92 Å². The smallest absolute Gasteiger partial charge is 0.396 e. The first-order valence-electron chi connectivity index (χ1n) is 2.21. The van der Waals surface area contributed by atoms with Crippen LogP contribution in [0.4, 0.5) is 0 Å². The van der Waals surface area contributed by atoms with Crippen molar-refractivity contribution in [3.63, 3.8) is 0 Å². The van der Waals surface area contributed by atoms with Crippen molar-refractivity contribution in [2.45, 2.75) is 13.3 Å². The van der Waals surface area contributed by atoms with E-state index in [9.17, 15) is 0 Å². The van der Waals surface area contributed by atoms with Crippen molar-refractivity contribution < 1.29 is 22.2 Å². The molecule has 7 heavy (non-hydrogen) atoms. The van der Waals surface area contributed by atoms with Crippen LogP contribution in [0.1, 0.15) is 13.3 Å². The number of aliphatic hydroxyl groups is 1. The summed E-state index contributed by atoms with van der Waals surface area (Å²) in [6.45, 7) is 5.83. The zero-order valence-electron chi connectivity index (χ0n) is 4.45. The van der Waals surface area contributed by atoms with E-state index in [-0.39, 0.29) is 23.7 Å². The Labute approximate surface area is 55.6 Å². The number of hydrogen-bond acceptors (Lipinski definition) is 1. The predicted octanol–water partition coefficient (Wildman–Crippen LogP) is 0.836. The molecule has 0 aromatic heterocycles. The Hall–Kier alpha value is 0.479. The molecule has 48 valence electrons. The molecule has 0 fully saturated rings. The van der Waals surface area contributed by atoms with Crippen LogP contribution in [0.25, 0.3) is 0 Å². The molecule has 1 nitrogen and oxygen atoms in total. The molecule has 0 radical (unpaired) electrons. The van der Waals surface area contributed by atoms with Gasteiger partial charge in [0.2, 0.25) is 0 Å². The quantitative estimate of drug-likeness (QED) is 0.457. The summed E-state index contributed by atoms with van der Waals surface area (Å²) in [5.41, 5.74) is 0. The Kier molecular flexibility index (Phi) is 9.68. The molecule has 0 rings (SSSR count). The second-order valence-corrected chi connectivity index (χ2v) is 1.58. The van der Waals surface area contributed by atoms with Gasteiger partial charge in [0.25, 0.3) is 0 Å². The van der Waals surface area contributed by atoms with E-state index < -0.39 is 0 Å².